The second kappa shape index (κ2) is 9.12. The summed E-state index contributed by atoms with van der Waals surface area (Å²) in [5.74, 6) is 0.524. The number of carbonyl (C=O) groups excluding carboxylic acids is 1. The van der Waals surface area contributed by atoms with Crippen molar-refractivity contribution in [3.63, 3.8) is 0 Å². The first kappa shape index (κ1) is 18.8. The van der Waals surface area contributed by atoms with E-state index in [9.17, 15) is 4.79 Å². The molecule has 1 fully saturated rings. The molecule has 0 unspecified atom stereocenters. The summed E-state index contributed by atoms with van der Waals surface area (Å²) >= 11 is 1.52. The van der Waals surface area contributed by atoms with Crippen molar-refractivity contribution in [3.05, 3.63) is 45.9 Å². The van der Waals surface area contributed by atoms with Gasteiger partial charge in [0.1, 0.15) is 17.5 Å². The molecule has 0 radical (unpaired) electrons. The van der Waals surface area contributed by atoms with Gasteiger partial charge in [0.05, 0.1) is 30.9 Å². The topological polar surface area (TPSA) is 80.7 Å². The zero-order valence-corrected chi connectivity index (χ0v) is 15.6. The Bertz CT molecular complexity index is 717. The van der Waals surface area contributed by atoms with E-state index in [2.05, 4.69) is 17.2 Å². The lowest BCUT2D eigenvalue weighted by molar-refractivity contribution is -0.00295. The van der Waals surface area contributed by atoms with E-state index in [4.69, 9.17) is 14.6 Å². The minimum absolute atomic E-state index is 0.00386. The van der Waals surface area contributed by atoms with Crippen LogP contribution in [0.15, 0.2) is 29.6 Å². The quantitative estimate of drug-likeness (QED) is 0.776. The summed E-state index contributed by atoms with van der Waals surface area (Å²) in [5.41, 5.74) is 1.29. The largest absolute Gasteiger partial charge is 0.488 e. The van der Waals surface area contributed by atoms with Gasteiger partial charge in [0, 0.05) is 11.8 Å². The van der Waals surface area contributed by atoms with E-state index in [1.807, 2.05) is 24.3 Å². The van der Waals surface area contributed by atoms with Crippen molar-refractivity contribution in [2.24, 2.45) is 0 Å². The number of aromatic nitrogens is 1. The number of hydrogen-bond acceptors (Lipinski definition) is 6. The number of aliphatic hydroxyl groups excluding tert-OH is 1. The number of benzene rings is 1. The van der Waals surface area contributed by atoms with E-state index in [1.165, 1.54) is 11.3 Å². The summed E-state index contributed by atoms with van der Waals surface area (Å²) in [6.45, 7) is 3.11. The third-order valence-corrected chi connectivity index (χ3v) is 5.16. The van der Waals surface area contributed by atoms with Crippen molar-refractivity contribution < 1.29 is 19.4 Å². The molecule has 1 aromatic carbocycles. The monoisotopic (exact) mass is 376 g/mol. The van der Waals surface area contributed by atoms with Crippen LogP contribution in [0.3, 0.4) is 0 Å². The highest BCUT2D eigenvalue weighted by molar-refractivity contribution is 7.09. The number of thiazole rings is 1. The summed E-state index contributed by atoms with van der Waals surface area (Å²) in [6.07, 6.45) is 2.43. The lowest BCUT2D eigenvalue weighted by atomic mass is 10.1. The third kappa shape index (κ3) is 4.81. The van der Waals surface area contributed by atoms with Crippen LogP contribution < -0.4 is 10.1 Å². The fraction of sp³-hybridized carbons (Fsp3) is 0.474. The summed E-state index contributed by atoms with van der Waals surface area (Å²) in [5, 5.41) is 14.9. The maximum atomic E-state index is 12.5. The maximum absolute atomic E-state index is 12.5. The molecule has 1 amide bonds. The second-order valence-electron chi connectivity index (χ2n) is 6.28. The second-order valence-corrected chi connectivity index (χ2v) is 7.22. The summed E-state index contributed by atoms with van der Waals surface area (Å²) < 4.78 is 11.6. The van der Waals surface area contributed by atoms with Gasteiger partial charge in [-0.2, -0.15) is 0 Å². The first-order chi connectivity index (χ1) is 12.7. The van der Waals surface area contributed by atoms with Crippen molar-refractivity contribution in [2.45, 2.75) is 44.9 Å². The van der Waals surface area contributed by atoms with Gasteiger partial charge in [-0.25, -0.2) is 4.98 Å². The van der Waals surface area contributed by atoms with Gasteiger partial charge in [-0.1, -0.05) is 19.1 Å². The molecule has 2 heterocycles. The van der Waals surface area contributed by atoms with Gasteiger partial charge in [-0.15, -0.1) is 11.3 Å². The lowest BCUT2D eigenvalue weighted by Gasteiger charge is -2.32. The number of hydrogen-bond donors (Lipinski definition) is 2. The standard InChI is InChI=1S/C19H24N2O4S/c1-2-3-18-20-16(12-26-18)19(23)21-15-11-24-9-8-17(15)25-14-6-4-13(10-22)5-7-14/h4-7,12,15,17,22H,2-3,8-11H2,1H3,(H,21,23)/t15-,17-/m1/s1. The molecule has 2 N–H and O–H groups in total. The maximum Gasteiger partial charge on any atom is 0.271 e. The molecule has 6 nitrogen and oxygen atoms in total. The van der Waals surface area contributed by atoms with Crippen LogP contribution in [0, 0.1) is 0 Å². The smallest absolute Gasteiger partial charge is 0.271 e. The van der Waals surface area contributed by atoms with Crippen LogP contribution in [0.2, 0.25) is 0 Å². The fourth-order valence-corrected chi connectivity index (χ4v) is 3.71. The molecule has 0 spiro atoms. The summed E-state index contributed by atoms with van der Waals surface area (Å²) in [7, 11) is 0. The summed E-state index contributed by atoms with van der Waals surface area (Å²) in [6, 6.07) is 7.08. The Balaban J connectivity index is 1.62. The van der Waals surface area contributed by atoms with Gasteiger partial charge in [-0.3, -0.25) is 4.79 Å². The van der Waals surface area contributed by atoms with Gasteiger partial charge in [0.25, 0.3) is 5.91 Å². The third-order valence-electron chi connectivity index (χ3n) is 4.25. The van der Waals surface area contributed by atoms with Crippen LogP contribution in [-0.2, 0) is 17.8 Å². The zero-order valence-electron chi connectivity index (χ0n) is 14.8. The number of nitrogens with zero attached hydrogens (tertiary/aromatic N) is 1. The van der Waals surface area contributed by atoms with Gasteiger partial charge >= 0.3 is 0 Å². The lowest BCUT2D eigenvalue weighted by Crippen LogP contribution is -2.51. The van der Waals surface area contributed by atoms with Crippen molar-refractivity contribution >= 4 is 17.2 Å². The minimum Gasteiger partial charge on any atom is -0.488 e. The fourth-order valence-electron chi connectivity index (χ4n) is 2.83. The molecule has 140 valence electrons. The number of amides is 1. The van der Waals surface area contributed by atoms with Gasteiger partial charge in [-0.05, 0) is 30.5 Å². The Morgan fingerprint density at radius 1 is 1.42 bits per heavy atom. The highest BCUT2D eigenvalue weighted by Crippen LogP contribution is 2.20. The van der Waals surface area contributed by atoms with Crippen LogP contribution in [0.25, 0.3) is 0 Å². The number of nitrogens with one attached hydrogen (secondary N) is 1. The molecular weight excluding hydrogens is 352 g/mol. The van der Waals surface area contributed by atoms with Gasteiger partial charge in [0.2, 0.25) is 0 Å². The highest BCUT2D eigenvalue weighted by Gasteiger charge is 2.29. The highest BCUT2D eigenvalue weighted by atomic mass is 32.1. The molecule has 7 heteroatoms. The van der Waals surface area contributed by atoms with E-state index >= 15 is 0 Å². The van der Waals surface area contributed by atoms with Crippen LogP contribution in [0.5, 0.6) is 5.75 Å². The molecule has 1 aliphatic rings. The number of aryl methyl sites for hydroxylation is 1. The molecule has 1 aromatic heterocycles. The molecule has 1 aliphatic heterocycles. The Labute approximate surface area is 157 Å². The Hall–Kier alpha value is -1.96. The average Bonchev–Trinajstić information content (AvgIpc) is 3.13. The van der Waals surface area contributed by atoms with E-state index in [1.54, 1.807) is 5.38 Å². The number of carbonyl (C=O) groups is 1. The molecule has 1 saturated heterocycles. The molecule has 0 saturated carbocycles. The van der Waals surface area contributed by atoms with E-state index in [-0.39, 0.29) is 24.7 Å². The van der Waals surface area contributed by atoms with Gasteiger partial charge < -0.3 is 19.9 Å². The minimum atomic E-state index is -0.231. The van der Waals surface area contributed by atoms with Crippen molar-refractivity contribution in [1.29, 1.82) is 0 Å². The first-order valence-electron chi connectivity index (χ1n) is 8.89. The Morgan fingerprint density at radius 2 is 2.23 bits per heavy atom. The van der Waals surface area contributed by atoms with E-state index in [0.29, 0.717) is 31.1 Å². The van der Waals surface area contributed by atoms with Crippen molar-refractivity contribution in [3.8, 4) is 5.75 Å². The number of rotatable bonds is 7. The molecular formula is C19H24N2O4S. The normalized spacial score (nSPS) is 19.9. The molecule has 2 atom stereocenters. The average molecular weight is 376 g/mol. The van der Waals surface area contributed by atoms with E-state index in [0.717, 1.165) is 23.4 Å². The van der Waals surface area contributed by atoms with E-state index < -0.39 is 0 Å². The first-order valence-corrected chi connectivity index (χ1v) is 9.77. The predicted octanol–water partition coefficient (Wildman–Crippen LogP) is 2.55. The SMILES string of the molecule is CCCc1nc(C(=O)N[C@@H]2COCC[C@H]2Oc2ccc(CO)cc2)cs1. The number of ether oxygens (including phenoxy) is 2. The van der Waals surface area contributed by atoms with Crippen LogP contribution in [0.1, 0.15) is 40.8 Å². The molecule has 0 aliphatic carbocycles. The zero-order chi connectivity index (χ0) is 18.4. The van der Waals surface area contributed by atoms with Crippen molar-refractivity contribution in [1.82, 2.24) is 10.3 Å². The van der Waals surface area contributed by atoms with Crippen LogP contribution in [0.4, 0.5) is 0 Å². The van der Waals surface area contributed by atoms with Crippen LogP contribution >= 0.6 is 11.3 Å². The molecule has 2 aromatic rings. The van der Waals surface area contributed by atoms with Crippen molar-refractivity contribution in [2.75, 3.05) is 13.2 Å². The molecule has 26 heavy (non-hydrogen) atoms. The molecule has 3 rings (SSSR count). The summed E-state index contributed by atoms with van der Waals surface area (Å²) in [4.78, 5) is 16.9. The van der Waals surface area contributed by atoms with Crippen LogP contribution in [-0.4, -0.2) is 41.4 Å². The Kier molecular flexibility index (Phi) is 6.60. The predicted molar refractivity (Wildman–Crippen MR) is 99.6 cm³/mol. The van der Waals surface area contributed by atoms with Gasteiger partial charge in [0.15, 0.2) is 0 Å². The molecule has 0 bridgehead atoms. The Morgan fingerprint density at radius 3 is 2.96 bits per heavy atom. The number of aliphatic hydroxyl groups is 1.